The summed E-state index contributed by atoms with van der Waals surface area (Å²) in [7, 11) is 0. The first-order valence-corrected chi connectivity index (χ1v) is 3.64. The molecule has 5 heteroatoms. The van der Waals surface area contributed by atoms with Crippen LogP contribution in [0.15, 0.2) is 5.16 Å². The fourth-order valence-electron chi connectivity index (χ4n) is 1.38. The first-order chi connectivity index (χ1) is 5.29. The van der Waals surface area contributed by atoms with Crippen molar-refractivity contribution < 1.29 is 10.3 Å². The van der Waals surface area contributed by atoms with Gasteiger partial charge in [0.1, 0.15) is 0 Å². The van der Waals surface area contributed by atoms with Gasteiger partial charge in [-0.3, -0.25) is 0 Å². The average molecular weight is 159 g/mol. The lowest BCUT2D eigenvalue weighted by atomic mass is 10.2. The van der Waals surface area contributed by atoms with Crippen LogP contribution in [0.5, 0.6) is 0 Å². The van der Waals surface area contributed by atoms with Gasteiger partial charge in [-0.15, -0.1) is 0 Å². The number of aliphatic hydroxyl groups is 1. The maximum Gasteiger partial charge on any atom is 0.233 e. The second-order valence-corrected chi connectivity index (χ2v) is 2.63. The molecular formula is C6H13N3O2. The van der Waals surface area contributed by atoms with E-state index in [1.54, 1.807) is 4.90 Å². The van der Waals surface area contributed by atoms with Crippen molar-refractivity contribution in [3.8, 4) is 0 Å². The van der Waals surface area contributed by atoms with Gasteiger partial charge >= 0.3 is 0 Å². The fraction of sp³-hybridized carbons (Fsp3) is 0.833. The van der Waals surface area contributed by atoms with Crippen LogP contribution in [0.4, 0.5) is 0 Å². The van der Waals surface area contributed by atoms with Crippen molar-refractivity contribution in [2.24, 2.45) is 10.9 Å². The van der Waals surface area contributed by atoms with Gasteiger partial charge in [0, 0.05) is 6.54 Å². The van der Waals surface area contributed by atoms with Crippen molar-refractivity contribution in [1.29, 1.82) is 0 Å². The Bertz CT molecular complexity index is 160. The maximum atomic E-state index is 8.85. The summed E-state index contributed by atoms with van der Waals surface area (Å²) in [6, 6.07) is 0.0332. The molecule has 0 unspecified atom stereocenters. The van der Waals surface area contributed by atoms with Gasteiger partial charge in [-0.1, -0.05) is 5.16 Å². The third-order valence-electron chi connectivity index (χ3n) is 1.98. The van der Waals surface area contributed by atoms with E-state index < -0.39 is 0 Å². The molecule has 0 spiro atoms. The van der Waals surface area contributed by atoms with Crippen molar-refractivity contribution in [1.82, 2.24) is 4.90 Å². The van der Waals surface area contributed by atoms with Crippen LogP contribution >= 0.6 is 0 Å². The van der Waals surface area contributed by atoms with Gasteiger partial charge in [-0.05, 0) is 12.8 Å². The lowest BCUT2D eigenvalue weighted by molar-refractivity contribution is 0.201. The number of hydrogen-bond donors (Lipinski definition) is 3. The van der Waals surface area contributed by atoms with Crippen molar-refractivity contribution >= 4 is 5.96 Å². The molecule has 0 amide bonds. The highest BCUT2D eigenvalue weighted by Gasteiger charge is 2.25. The van der Waals surface area contributed by atoms with E-state index in [0.717, 1.165) is 19.4 Å². The largest absolute Gasteiger partial charge is 0.408 e. The molecule has 64 valence electrons. The van der Waals surface area contributed by atoms with E-state index in [-0.39, 0.29) is 18.6 Å². The third kappa shape index (κ3) is 1.54. The Morgan fingerprint density at radius 2 is 2.45 bits per heavy atom. The Balaban J connectivity index is 2.56. The van der Waals surface area contributed by atoms with Crippen LogP contribution < -0.4 is 5.73 Å². The highest BCUT2D eigenvalue weighted by atomic mass is 16.4. The average Bonchev–Trinajstić information content (AvgIpc) is 2.50. The molecule has 1 heterocycles. The molecule has 0 saturated carbocycles. The van der Waals surface area contributed by atoms with Crippen LogP contribution in [-0.2, 0) is 0 Å². The molecule has 1 aliphatic heterocycles. The van der Waals surface area contributed by atoms with E-state index in [9.17, 15) is 0 Å². The van der Waals surface area contributed by atoms with E-state index in [1.807, 2.05) is 0 Å². The molecular weight excluding hydrogens is 146 g/mol. The summed E-state index contributed by atoms with van der Waals surface area (Å²) in [4.78, 5) is 1.71. The minimum atomic E-state index is 0.0332. The summed E-state index contributed by atoms with van der Waals surface area (Å²) < 4.78 is 0. The molecule has 1 saturated heterocycles. The van der Waals surface area contributed by atoms with Crippen molar-refractivity contribution in [3.05, 3.63) is 0 Å². The highest BCUT2D eigenvalue weighted by molar-refractivity contribution is 5.77. The minimum Gasteiger partial charge on any atom is -0.408 e. The number of nitrogens with two attached hydrogens (primary N) is 1. The highest BCUT2D eigenvalue weighted by Crippen LogP contribution is 2.15. The summed E-state index contributed by atoms with van der Waals surface area (Å²) in [5, 5.41) is 20.1. The lowest BCUT2D eigenvalue weighted by Crippen LogP contribution is -2.42. The summed E-state index contributed by atoms with van der Waals surface area (Å²) in [5.74, 6) is 0.0987. The van der Waals surface area contributed by atoms with Gasteiger partial charge in [0.15, 0.2) is 0 Å². The Kier molecular flexibility index (Phi) is 2.53. The predicted molar refractivity (Wildman–Crippen MR) is 40.2 cm³/mol. The van der Waals surface area contributed by atoms with E-state index in [4.69, 9.17) is 16.0 Å². The number of oxime groups is 1. The molecule has 0 radical (unpaired) electrons. The molecule has 1 atom stereocenters. The van der Waals surface area contributed by atoms with Gasteiger partial charge in [-0.25, -0.2) is 0 Å². The number of likely N-dealkylation sites (tertiary alicyclic amines) is 1. The molecule has 1 rings (SSSR count). The molecule has 5 nitrogen and oxygen atoms in total. The van der Waals surface area contributed by atoms with E-state index in [1.165, 1.54) is 0 Å². The van der Waals surface area contributed by atoms with Crippen molar-refractivity contribution in [2.75, 3.05) is 13.2 Å². The van der Waals surface area contributed by atoms with Gasteiger partial charge in [0.05, 0.1) is 12.6 Å². The number of rotatable bonds is 1. The molecule has 0 bridgehead atoms. The molecule has 0 aromatic carbocycles. The molecule has 4 N–H and O–H groups in total. The van der Waals surface area contributed by atoms with Gasteiger partial charge < -0.3 is 20.9 Å². The number of nitrogens with zero attached hydrogens (tertiary/aromatic N) is 2. The number of aliphatic hydroxyl groups excluding tert-OH is 1. The number of guanidine groups is 1. The summed E-state index contributed by atoms with van der Waals surface area (Å²) in [5.41, 5.74) is 5.36. The second-order valence-electron chi connectivity index (χ2n) is 2.63. The number of hydrogen-bond acceptors (Lipinski definition) is 3. The monoisotopic (exact) mass is 159 g/mol. The zero-order valence-electron chi connectivity index (χ0n) is 6.27. The topological polar surface area (TPSA) is 82.1 Å². The normalized spacial score (nSPS) is 26.1. The quantitative estimate of drug-likeness (QED) is 0.201. The van der Waals surface area contributed by atoms with E-state index >= 15 is 0 Å². The van der Waals surface area contributed by atoms with Crippen LogP contribution in [0.2, 0.25) is 0 Å². The molecule has 0 aliphatic carbocycles. The predicted octanol–water partition coefficient (Wildman–Crippen LogP) is -0.853. The van der Waals surface area contributed by atoms with Crippen LogP contribution in [-0.4, -0.2) is 40.4 Å². The van der Waals surface area contributed by atoms with E-state index in [0.29, 0.717) is 0 Å². The molecule has 0 aromatic rings. The zero-order chi connectivity index (χ0) is 8.27. The van der Waals surface area contributed by atoms with Crippen molar-refractivity contribution in [2.45, 2.75) is 18.9 Å². The Morgan fingerprint density at radius 3 is 3.00 bits per heavy atom. The zero-order valence-corrected chi connectivity index (χ0v) is 6.27. The Labute approximate surface area is 65.1 Å². The van der Waals surface area contributed by atoms with Gasteiger partial charge in [-0.2, -0.15) is 0 Å². The maximum absolute atomic E-state index is 8.85. The van der Waals surface area contributed by atoms with Crippen LogP contribution in [0, 0.1) is 0 Å². The third-order valence-corrected chi connectivity index (χ3v) is 1.98. The summed E-state index contributed by atoms with van der Waals surface area (Å²) in [6.07, 6.45) is 1.90. The molecule has 1 aliphatic rings. The van der Waals surface area contributed by atoms with Crippen LogP contribution in [0.25, 0.3) is 0 Å². The van der Waals surface area contributed by atoms with E-state index in [2.05, 4.69) is 5.16 Å². The van der Waals surface area contributed by atoms with Gasteiger partial charge in [0.25, 0.3) is 0 Å². The lowest BCUT2D eigenvalue weighted by Gasteiger charge is -2.22. The molecule has 11 heavy (non-hydrogen) atoms. The fourth-order valence-corrected chi connectivity index (χ4v) is 1.38. The smallest absolute Gasteiger partial charge is 0.233 e. The SMILES string of the molecule is N/C(=N\O)N1CCC[C@@H]1CO. The van der Waals surface area contributed by atoms with Crippen LogP contribution in [0.3, 0.4) is 0 Å². The van der Waals surface area contributed by atoms with Gasteiger partial charge in [0.2, 0.25) is 5.96 Å². The standard InChI is InChI=1S/C6H13N3O2/c7-6(8-11)9-3-1-2-5(9)4-10/h5,10-11H,1-4H2,(H2,7,8)/t5-/m1/s1. The summed E-state index contributed by atoms with van der Waals surface area (Å²) >= 11 is 0. The molecule has 1 fully saturated rings. The van der Waals surface area contributed by atoms with Crippen molar-refractivity contribution in [3.63, 3.8) is 0 Å². The Hall–Kier alpha value is -0.970. The Morgan fingerprint density at radius 1 is 1.73 bits per heavy atom. The molecule has 0 aromatic heterocycles. The first-order valence-electron chi connectivity index (χ1n) is 3.64. The second kappa shape index (κ2) is 3.43. The minimum absolute atomic E-state index is 0.0332. The summed E-state index contributed by atoms with van der Waals surface area (Å²) in [6.45, 7) is 0.831. The first kappa shape index (κ1) is 8.13. The van der Waals surface area contributed by atoms with Crippen LogP contribution in [0.1, 0.15) is 12.8 Å².